The molecule has 10 atom stereocenters. The average molecular weight is 675 g/mol. The zero-order chi connectivity index (χ0) is 30.1. The molecule has 21 heteroatoms. The Morgan fingerprint density at radius 3 is 2.53 bits per heavy atom. The van der Waals surface area contributed by atoms with Crippen LogP contribution < -0.4 is 5.56 Å². The Morgan fingerprint density at radius 1 is 0.953 bits per heavy atom. The lowest BCUT2D eigenvalue weighted by Crippen LogP contribution is -2.36. The van der Waals surface area contributed by atoms with Crippen LogP contribution in [0.2, 0.25) is 0 Å². The topological polar surface area (TPSA) is 215 Å². The van der Waals surface area contributed by atoms with Crippen LogP contribution in [-0.4, -0.2) is 94.0 Å². The number of fused-ring (bicyclic) bond motifs is 5. The first-order valence-corrected chi connectivity index (χ1v) is 18.1. The van der Waals surface area contributed by atoms with E-state index in [4.69, 9.17) is 39.4 Å². The number of imidazole rings is 2. The van der Waals surface area contributed by atoms with Crippen LogP contribution >= 0.6 is 25.8 Å². The molecule has 3 fully saturated rings. The number of aliphatic hydroxyl groups is 2. The molecule has 0 amide bonds. The Hall–Kier alpha value is -2.09. The van der Waals surface area contributed by atoms with Crippen LogP contribution in [0.3, 0.4) is 0 Å². The lowest BCUT2D eigenvalue weighted by molar-refractivity contribution is -0.0593. The third-order valence-corrected chi connectivity index (χ3v) is 10.5. The highest BCUT2D eigenvalue weighted by atomic mass is 32.7. The SMILES string of the molecule is O=c1[nH]cnc2c1ncn2[C@@H]1O[C@@H]2COP(O)(=S)OC3C(O)[C@@H](COP(=O)(S)OC2C1O)O[C@H]3n1cnc2ccccc21. The molecular weight excluding hydrogens is 650 g/mol. The molecule has 17 nitrogen and oxygen atoms in total. The van der Waals surface area contributed by atoms with E-state index >= 15 is 0 Å². The molecule has 6 heterocycles. The van der Waals surface area contributed by atoms with Crippen LogP contribution in [0.15, 0.2) is 48.0 Å². The number of para-hydroxylation sites is 2. The maximum absolute atomic E-state index is 13.4. The van der Waals surface area contributed by atoms with Gasteiger partial charge in [0, 0.05) is 0 Å². The van der Waals surface area contributed by atoms with E-state index in [9.17, 15) is 24.5 Å². The fourth-order valence-electron chi connectivity index (χ4n) is 5.34. The second kappa shape index (κ2) is 11.1. The van der Waals surface area contributed by atoms with E-state index in [1.807, 2.05) is 6.07 Å². The van der Waals surface area contributed by atoms with E-state index in [2.05, 4.69) is 32.2 Å². The van der Waals surface area contributed by atoms with E-state index in [1.165, 1.54) is 17.2 Å². The number of thiol groups is 1. The van der Waals surface area contributed by atoms with Gasteiger partial charge < -0.3 is 38.7 Å². The average Bonchev–Trinajstić information content (AvgIpc) is 3.72. The highest BCUT2D eigenvalue weighted by Crippen LogP contribution is 2.58. The van der Waals surface area contributed by atoms with Crippen molar-refractivity contribution in [3.8, 4) is 0 Å². The molecule has 3 saturated heterocycles. The van der Waals surface area contributed by atoms with Gasteiger partial charge in [-0.15, -0.1) is 0 Å². The van der Waals surface area contributed by atoms with Crippen molar-refractivity contribution in [2.24, 2.45) is 0 Å². The molecule has 3 aliphatic heterocycles. The number of ether oxygens (including phenoxy) is 2. The number of hydrogen-bond acceptors (Lipinski definition) is 14. The second-order valence-corrected chi connectivity index (χ2v) is 15.6. The van der Waals surface area contributed by atoms with E-state index in [0.717, 1.165) is 6.33 Å². The Bertz CT molecular complexity index is 1840. The minimum atomic E-state index is -4.26. The van der Waals surface area contributed by atoms with Crippen molar-refractivity contribution in [1.82, 2.24) is 29.1 Å². The van der Waals surface area contributed by atoms with Crippen molar-refractivity contribution in [1.29, 1.82) is 0 Å². The number of aliphatic hydroxyl groups excluding tert-OH is 2. The number of rotatable bonds is 2. The van der Waals surface area contributed by atoms with Crippen molar-refractivity contribution in [3.05, 3.63) is 53.6 Å². The van der Waals surface area contributed by atoms with Crippen LogP contribution in [-0.2, 0) is 43.9 Å². The summed E-state index contributed by atoms with van der Waals surface area (Å²) in [5.41, 5.74) is 0.880. The predicted octanol–water partition coefficient (Wildman–Crippen LogP) is 0.758. The Kier molecular flexibility index (Phi) is 7.62. The quantitative estimate of drug-likeness (QED) is 0.147. The maximum Gasteiger partial charge on any atom is 0.386 e. The molecule has 0 radical (unpaired) electrons. The fraction of sp³-hybridized carbons (Fsp3) is 0.455. The van der Waals surface area contributed by atoms with Crippen molar-refractivity contribution in [3.63, 3.8) is 0 Å². The molecule has 7 rings (SSSR count). The fourth-order valence-corrected chi connectivity index (χ4v) is 8.25. The predicted molar refractivity (Wildman–Crippen MR) is 152 cm³/mol. The van der Waals surface area contributed by atoms with Crippen LogP contribution in [0.1, 0.15) is 12.5 Å². The number of H-pyrrole nitrogens is 1. The lowest BCUT2D eigenvalue weighted by atomic mass is 10.1. The van der Waals surface area contributed by atoms with Gasteiger partial charge in [0.25, 0.3) is 5.56 Å². The van der Waals surface area contributed by atoms with Gasteiger partial charge in [0.1, 0.15) is 36.6 Å². The summed E-state index contributed by atoms with van der Waals surface area (Å²) in [7, 11) is 0. The number of benzene rings is 1. The molecule has 4 aromatic rings. The zero-order valence-corrected chi connectivity index (χ0v) is 25.2. The molecule has 0 aliphatic carbocycles. The summed E-state index contributed by atoms with van der Waals surface area (Å²) in [6, 6.07) is 7.17. The number of aromatic amines is 1. The van der Waals surface area contributed by atoms with Crippen molar-refractivity contribution in [2.45, 2.75) is 49.1 Å². The largest absolute Gasteiger partial charge is 0.387 e. The summed E-state index contributed by atoms with van der Waals surface area (Å²) in [6.07, 6.45) is -6.33. The van der Waals surface area contributed by atoms with Gasteiger partial charge in [-0.3, -0.25) is 22.9 Å². The molecule has 3 aromatic heterocycles. The molecule has 0 saturated carbocycles. The number of aromatic nitrogens is 6. The standard InChI is InChI=1S/C22H24N6O11P2S2/c29-15-12-5-34-40(32,42)38-17-13(37-21(16(17)30)28-9-26-14-19(28)23-7-24-20(14)31)6-35-41(33,43)39-18(15)22(36-12)27-8-25-10-3-1-2-4-11(10)27/h1-4,7-9,12-13,15-18,21-22,29-30H,5-6H2,(H,32,42)(H,33,43)(H,23,24,31)/t12-,13-,15?,16?,17?,18?,21-,22-,40?,41?/m1/s1. The van der Waals surface area contributed by atoms with Crippen LogP contribution in [0, 0.1) is 0 Å². The summed E-state index contributed by atoms with van der Waals surface area (Å²) in [4.78, 5) is 38.1. The number of nitrogens with one attached hydrogen (secondary N) is 1. The highest BCUT2D eigenvalue weighted by molar-refractivity contribution is 8.44. The van der Waals surface area contributed by atoms with Crippen LogP contribution in [0.5, 0.6) is 0 Å². The molecule has 4 N–H and O–H groups in total. The minimum absolute atomic E-state index is 0.00525. The Balaban J connectivity index is 1.20. The Labute approximate surface area is 251 Å². The molecule has 3 aliphatic rings. The van der Waals surface area contributed by atoms with E-state index < -0.39 is 81.4 Å². The summed E-state index contributed by atoms with van der Waals surface area (Å²) >= 11 is 9.35. The smallest absolute Gasteiger partial charge is 0.386 e. The van der Waals surface area contributed by atoms with Crippen molar-refractivity contribution >= 4 is 59.8 Å². The highest BCUT2D eigenvalue weighted by Gasteiger charge is 2.52. The molecule has 6 unspecified atom stereocenters. The molecule has 1 aromatic carbocycles. The van der Waals surface area contributed by atoms with Gasteiger partial charge in [-0.2, -0.15) is 0 Å². The molecular formula is C22H24N6O11P2S2. The normalized spacial score (nSPS) is 38.9. The van der Waals surface area contributed by atoms with Crippen LogP contribution in [0.25, 0.3) is 22.2 Å². The summed E-state index contributed by atoms with van der Waals surface area (Å²) in [5.74, 6) is 0. The third kappa shape index (κ3) is 5.42. The third-order valence-electron chi connectivity index (χ3n) is 7.33. The maximum atomic E-state index is 13.4. The first-order valence-electron chi connectivity index (χ1n) is 12.8. The molecule has 2 bridgehead atoms. The molecule has 230 valence electrons. The zero-order valence-electron chi connectivity index (χ0n) is 21.7. The van der Waals surface area contributed by atoms with Gasteiger partial charge in [0.05, 0.1) is 43.2 Å². The monoisotopic (exact) mass is 674 g/mol. The molecule has 0 spiro atoms. The second-order valence-electron chi connectivity index (χ2n) is 9.98. The first kappa shape index (κ1) is 29.6. The Morgan fingerprint density at radius 2 is 1.70 bits per heavy atom. The van der Waals surface area contributed by atoms with Crippen LogP contribution in [0.4, 0.5) is 0 Å². The van der Waals surface area contributed by atoms with E-state index in [-0.39, 0.29) is 11.2 Å². The number of nitrogens with zero attached hydrogens (tertiary/aromatic N) is 5. The number of hydrogen-bond donors (Lipinski definition) is 5. The lowest BCUT2D eigenvalue weighted by Gasteiger charge is -2.27. The molecule has 43 heavy (non-hydrogen) atoms. The van der Waals surface area contributed by atoms with Crippen molar-refractivity contribution in [2.75, 3.05) is 13.2 Å². The van der Waals surface area contributed by atoms with E-state index in [1.54, 1.807) is 22.8 Å². The van der Waals surface area contributed by atoms with Crippen molar-refractivity contribution < 1.29 is 47.2 Å². The van der Waals surface area contributed by atoms with Gasteiger partial charge in [-0.1, -0.05) is 24.4 Å². The minimum Gasteiger partial charge on any atom is -0.387 e. The van der Waals surface area contributed by atoms with Gasteiger partial charge >= 0.3 is 13.5 Å². The van der Waals surface area contributed by atoms with Gasteiger partial charge in [-0.25, -0.2) is 19.5 Å². The summed E-state index contributed by atoms with van der Waals surface area (Å²) in [6.45, 7) is -9.36. The van der Waals surface area contributed by atoms with Gasteiger partial charge in [0.2, 0.25) is 0 Å². The van der Waals surface area contributed by atoms with Gasteiger partial charge in [-0.05, 0) is 23.9 Å². The summed E-state index contributed by atoms with van der Waals surface area (Å²) < 4.78 is 50.8. The van der Waals surface area contributed by atoms with Gasteiger partial charge in [0.15, 0.2) is 23.6 Å². The first-order chi connectivity index (χ1) is 20.5. The van der Waals surface area contributed by atoms with E-state index in [0.29, 0.717) is 11.0 Å². The summed E-state index contributed by atoms with van der Waals surface area (Å²) in [5, 5.41) is 22.4.